The summed E-state index contributed by atoms with van der Waals surface area (Å²) >= 11 is 0. The summed E-state index contributed by atoms with van der Waals surface area (Å²) in [6.07, 6.45) is 2.62. The first-order valence-corrected chi connectivity index (χ1v) is 10.1. The molecule has 9 unspecified atom stereocenters. The van der Waals surface area contributed by atoms with Gasteiger partial charge in [-0.2, -0.15) is 0 Å². The van der Waals surface area contributed by atoms with Crippen molar-refractivity contribution in [2.75, 3.05) is 0 Å². The van der Waals surface area contributed by atoms with Crippen LogP contribution in [0.5, 0.6) is 0 Å². The van der Waals surface area contributed by atoms with Crippen LogP contribution in [0.1, 0.15) is 68.2 Å². The Morgan fingerprint density at radius 3 is 1.36 bits per heavy atom. The van der Waals surface area contributed by atoms with Gasteiger partial charge >= 0.3 is 0 Å². The first kappa shape index (κ1) is 22.2. The highest BCUT2D eigenvalue weighted by Gasteiger charge is 2.32. The van der Waals surface area contributed by atoms with Crippen LogP contribution in [0, 0.1) is 35.5 Å². The van der Waals surface area contributed by atoms with E-state index < -0.39 is 0 Å². The van der Waals surface area contributed by atoms with Crippen LogP contribution < -0.4 is 0 Å². The van der Waals surface area contributed by atoms with Crippen molar-refractivity contribution in [3.8, 4) is 0 Å². The van der Waals surface area contributed by atoms with Gasteiger partial charge in [0.15, 0.2) is 0 Å². The topological polar surface area (TPSA) is 0 Å². The Balaban J connectivity index is 4.82. The van der Waals surface area contributed by atoms with Gasteiger partial charge in [0.05, 0.1) is 0 Å². The quantitative estimate of drug-likeness (QED) is 0.537. The minimum atomic E-state index is 0.808. The summed E-state index contributed by atoms with van der Waals surface area (Å²) in [5, 5.41) is 0. The van der Waals surface area contributed by atoms with Gasteiger partial charge in [-0.15, -0.1) is 0 Å². The van der Waals surface area contributed by atoms with E-state index in [1.165, 1.54) is 12.8 Å². The maximum atomic E-state index is 2.51. The smallest absolute Gasteiger partial charge is 0.0672 e. The average Bonchev–Trinajstić information content (AvgIpc) is 2.55. The summed E-state index contributed by atoms with van der Waals surface area (Å²) in [4.78, 5) is 0. The number of hydrogen-bond donors (Lipinski definition) is 0. The van der Waals surface area contributed by atoms with Crippen LogP contribution in [0.15, 0.2) is 0 Å². The van der Waals surface area contributed by atoms with Crippen LogP contribution in [-0.2, 0) is 0 Å². The molecule has 3 heteroatoms. The van der Waals surface area contributed by atoms with Crippen molar-refractivity contribution in [1.82, 2.24) is 0 Å². The van der Waals surface area contributed by atoms with E-state index in [0.29, 0.717) is 0 Å². The van der Waals surface area contributed by atoms with Gasteiger partial charge in [-0.05, 0) is 35.5 Å². The molecule has 9 atom stereocenters. The lowest BCUT2D eigenvalue weighted by Crippen LogP contribution is -2.31. The molecule has 0 rings (SSSR count). The molecule has 0 amide bonds. The lowest BCUT2D eigenvalue weighted by molar-refractivity contribution is 0.193. The van der Waals surface area contributed by atoms with E-state index in [0.717, 1.165) is 53.0 Å². The van der Waals surface area contributed by atoms with E-state index in [1.807, 2.05) is 0 Å². The van der Waals surface area contributed by atoms with Crippen molar-refractivity contribution in [2.24, 2.45) is 35.5 Å². The highest BCUT2D eigenvalue weighted by molar-refractivity contribution is 6.13. The molecule has 0 aromatic carbocycles. The second kappa shape index (κ2) is 10.1. The minimum Gasteiger partial charge on any atom is -0.0672 e. The van der Waals surface area contributed by atoms with Gasteiger partial charge in [0, 0.05) is 0 Å². The Morgan fingerprint density at radius 1 is 0.545 bits per heavy atom. The molecule has 0 aliphatic rings. The van der Waals surface area contributed by atoms with E-state index >= 15 is 0 Å². The van der Waals surface area contributed by atoms with Crippen molar-refractivity contribution in [1.29, 1.82) is 0 Å². The van der Waals surface area contributed by atoms with Crippen molar-refractivity contribution < 1.29 is 0 Å². The number of hydrogen-bond acceptors (Lipinski definition) is 0. The lowest BCUT2D eigenvalue weighted by Gasteiger charge is -2.40. The normalized spacial score (nSPS) is 24.5. The number of rotatable bonds is 10. The SMILES string of the molecule is BC(CC)C(C)C(C)C(B)C(C)C(C)C(C)C(B)C(C)CC. The zero-order valence-corrected chi connectivity index (χ0v) is 17.6. The van der Waals surface area contributed by atoms with Gasteiger partial charge in [0.1, 0.15) is 23.5 Å². The van der Waals surface area contributed by atoms with Gasteiger partial charge in [-0.1, -0.05) is 85.7 Å². The third-order valence-electron chi connectivity index (χ3n) is 8.06. The average molecular weight is 304 g/mol. The Bertz CT molecular complexity index is 266. The highest BCUT2D eigenvalue weighted by atomic mass is 14.3. The third-order valence-corrected chi connectivity index (χ3v) is 8.06. The summed E-state index contributed by atoms with van der Waals surface area (Å²) in [6, 6.07) is 0. The van der Waals surface area contributed by atoms with Crippen LogP contribution >= 0.6 is 0 Å². The van der Waals surface area contributed by atoms with Crippen molar-refractivity contribution in [2.45, 2.75) is 85.7 Å². The van der Waals surface area contributed by atoms with E-state index in [2.05, 4.69) is 78.9 Å². The molecular formula is C19H43B3. The monoisotopic (exact) mass is 304 g/mol. The van der Waals surface area contributed by atoms with Gasteiger partial charge in [-0.25, -0.2) is 0 Å². The largest absolute Gasteiger partial charge is 0.106 e. The standard InChI is InChI=1S/C19H43B3/c1-9-11(3)18(21)14(6)12(4)15(7)19(22)16(8)13(5)17(20)10-2/h11-19H,9-10,20-22H2,1-8H3. The second-order valence-corrected chi connectivity index (χ2v) is 8.78. The zero-order valence-electron chi connectivity index (χ0n) is 17.6. The molecule has 0 nitrogen and oxygen atoms in total. The summed E-state index contributed by atoms with van der Waals surface area (Å²) in [5.41, 5.74) is 0. The maximum absolute atomic E-state index is 2.51. The highest BCUT2D eigenvalue weighted by Crippen LogP contribution is 2.43. The molecule has 0 saturated carbocycles. The molecule has 0 aliphatic heterocycles. The molecule has 0 N–H and O–H groups in total. The van der Waals surface area contributed by atoms with Crippen molar-refractivity contribution in [3.05, 3.63) is 0 Å². The van der Waals surface area contributed by atoms with E-state index in [-0.39, 0.29) is 0 Å². The predicted octanol–water partition coefficient (Wildman–Crippen LogP) is 3.89. The van der Waals surface area contributed by atoms with Gasteiger partial charge < -0.3 is 0 Å². The molecule has 0 spiro atoms. The molecule has 0 fully saturated rings. The van der Waals surface area contributed by atoms with Crippen molar-refractivity contribution >= 4 is 23.5 Å². The summed E-state index contributed by atoms with van der Waals surface area (Å²) < 4.78 is 0. The Kier molecular flexibility index (Phi) is 10.2. The van der Waals surface area contributed by atoms with E-state index in [1.54, 1.807) is 0 Å². The van der Waals surface area contributed by atoms with Gasteiger partial charge in [0.25, 0.3) is 0 Å². The first-order valence-electron chi connectivity index (χ1n) is 10.1. The van der Waals surface area contributed by atoms with Gasteiger partial charge in [0.2, 0.25) is 0 Å². The molecule has 0 radical (unpaired) electrons. The van der Waals surface area contributed by atoms with Crippen LogP contribution in [0.2, 0.25) is 17.5 Å². The molecule has 0 saturated heterocycles. The van der Waals surface area contributed by atoms with E-state index in [4.69, 9.17) is 0 Å². The van der Waals surface area contributed by atoms with Crippen LogP contribution in [0.3, 0.4) is 0 Å². The molecule has 0 aliphatic carbocycles. The fraction of sp³-hybridized carbons (Fsp3) is 1.00. The summed E-state index contributed by atoms with van der Waals surface area (Å²) in [5.74, 6) is 7.41. The fourth-order valence-electron chi connectivity index (χ4n) is 4.17. The molecule has 22 heavy (non-hydrogen) atoms. The maximum Gasteiger partial charge on any atom is 0.106 e. The van der Waals surface area contributed by atoms with Gasteiger partial charge in [-0.3, -0.25) is 0 Å². The first-order chi connectivity index (χ1) is 10.1. The molecule has 0 heterocycles. The molecular weight excluding hydrogens is 261 g/mol. The molecule has 0 bridgehead atoms. The molecule has 0 aromatic rings. The zero-order chi connectivity index (χ0) is 17.6. The lowest BCUT2D eigenvalue weighted by atomic mass is 9.55. The Morgan fingerprint density at radius 2 is 0.955 bits per heavy atom. The second-order valence-electron chi connectivity index (χ2n) is 8.78. The van der Waals surface area contributed by atoms with Crippen LogP contribution in [-0.4, -0.2) is 23.5 Å². The fourth-order valence-corrected chi connectivity index (χ4v) is 4.17. The van der Waals surface area contributed by atoms with Crippen LogP contribution in [0.25, 0.3) is 0 Å². The van der Waals surface area contributed by atoms with Crippen LogP contribution in [0.4, 0.5) is 0 Å². The summed E-state index contributed by atoms with van der Waals surface area (Å²) in [6.45, 7) is 19.6. The molecule has 0 aromatic heterocycles. The molecule has 128 valence electrons. The van der Waals surface area contributed by atoms with E-state index in [9.17, 15) is 0 Å². The Hall–Kier alpha value is 0.195. The summed E-state index contributed by atoms with van der Waals surface area (Å²) in [7, 11) is 7.40. The minimum absolute atomic E-state index is 0.808. The third kappa shape index (κ3) is 5.68. The predicted molar refractivity (Wildman–Crippen MR) is 112 cm³/mol. The Labute approximate surface area is 145 Å². The van der Waals surface area contributed by atoms with Crippen molar-refractivity contribution in [3.63, 3.8) is 0 Å².